The van der Waals surface area contributed by atoms with Gasteiger partial charge in [0.1, 0.15) is 23.7 Å². The summed E-state index contributed by atoms with van der Waals surface area (Å²) < 4.78 is 6.20. The monoisotopic (exact) mass is 399 g/mol. The minimum Gasteiger partial charge on any atom is -0.489 e. The molecular formula is C20H22ClN5O2. The average Bonchev–Trinajstić information content (AvgIpc) is 2.64. The van der Waals surface area contributed by atoms with Crippen LogP contribution >= 0.6 is 11.6 Å². The Morgan fingerprint density at radius 2 is 1.89 bits per heavy atom. The molecule has 0 saturated heterocycles. The Hall–Kier alpha value is -2.85. The van der Waals surface area contributed by atoms with Gasteiger partial charge in [-0.05, 0) is 24.3 Å². The zero-order valence-electron chi connectivity index (χ0n) is 16.2. The lowest BCUT2D eigenvalue weighted by molar-refractivity contribution is -0.164. The molecule has 1 aliphatic carbocycles. The highest BCUT2D eigenvalue weighted by molar-refractivity contribution is 6.31. The van der Waals surface area contributed by atoms with Crippen LogP contribution in [0.1, 0.15) is 43.7 Å². The van der Waals surface area contributed by atoms with E-state index in [0.717, 1.165) is 0 Å². The number of hydrogen-bond acceptors (Lipinski definition) is 6. The molecule has 1 aromatic carbocycles. The normalized spacial score (nSPS) is 21.9. The number of carbonyl (C=O) groups excluding carboxylic acids is 1. The van der Waals surface area contributed by atoms with Gasteiger partial charge in [0.25, 0.3) is 5.91 Å². The van der Waals surface area contributed by atoms with Gasteiger partial charge >= 0.3 is 0 Å². The summed E-state index contributed by atoms with van der Waals surface area (Å²) in [5.74, 6) is 0.540. The van der Waals surface area contributed by atoms with Crippen LogP contribution in [0.5, 0.6) is 5.75 Å². The Kier molecular flexibility index (Phi) is 4.94. The molecule has 0 bridgehead atoms. The average molecular weight is 400 g/mol. The second-order valence-electron chi connectivity index (χ2n) is 8.14. The third-order valence-corrected chi connectivity index (χ3v) is 5.66. The number of anilines is 1. The summed E-state index contributed by atoms with van der Waals surface area (Å²) in [6.07, 6.45) is -0.174. The molecule has 1 heterocycles. The van der Waals surface area contributed by atoms with Gasteiger partial charge in [-0.3, -0.25) is 4.79 Å². The van der Waals surface area contributed by atoms with E-state index in [1.54, 1.807) is 30.3 Å². The minimum atomic E-state index is -0.346. The molecule has 3 rings (SSSR count). The molecule has 1 aromatic heterocycles. The predicted octanol–water partition coefficient (Wildman–Crippen LogP) is 3.20. The summed E-state index contributed by atoms with van der Waals surface area (Å²) in [5.41, 5.74) is 5.44. The Morgan fingerprint density at radius 1 is 1.21 bits per heavy atom. The summed E-state index contributed by atoms with van der Waals surface area (Å²) in [6, 6.07) is 9.97. The van der Waals surface area contributed by atoms with Crippen molar-refractivity contribution < 1.29 is 9.53 Å². The third kappa shape index (κ3) is 3.36. The van der Waals surface area contributed by atoms with Crippen molar-refractivity contribution in [2.75, 3.05) is 5.73 Å². The van der Waals surface area contributed by atoms with Crippen LogP contribution in [-0.2, 0) is 0 Å². The van der Waals surface area contributed by atoms with E-state index in [1.807, 2.05) is 33.8 Å². The lowest BCUT2D eigenvalue weighted by Gasteiger charge is -2.63. The summed E-state index contributed by atoms with van der Waals surface area (Å²) in [7, 11) is 0. The molecule has 0 spiro atoms. The predicted molar refractivity (Wildman–Crippen MR) is 106 cm³/mol. The fourth-order valence-corrected chi connectivity index (χ4v) is 4.48. The van der Waals surface area contributed by atoms with E-state index in [4.69, 9.17) is 27.3 Å². The zero-order chi connectivity index (χ0) is 20.7. The fraction of sp³-hybridized carbons (Fsp3) is 0.400. The van der Waals surface area contributed by atoms with Gasteiger partial charge in [-0.2, -0.15) is 5.26 Å². The molecule has 1 aliphatic rings. The first-order valence-electron chi connectivity index (χ1n) is 8.83. The molecule has 0 unspecified atom stereocenters. The number of benzene rings is 1. The Morgan fingerprint density at radius 3 is 2.43 bits per heavy atom. The largest absolute Gasteiger partial charge is 0.489 e. The van der Waals surface area contributed by atoms with Crippen molar-refractivity contribution in [1.82, 2.24) is 15.5 Å². The molecule has 1 amide bonds. The summed E-state index contributed by atoms with van der Waals surface area (Å²) in [4.78, 5) is 12.6. The van der Waals surface area contributed by atoms with E-state index < -0.39 is 0 Å². The van der Waals surface area contributed by atoms with Crippen molar-refractivity contribution in [3.8, 4) is 11.8 Å². The van der Waals surface area contributed by atoms with Gasteiger partial charge in [-0.1, -0.05) is 39.3 Å². The number of aromatic nitrogens is 2. The number of amides is 1. The molecule has 146 valence electrons. The maximum absolute atomic E-state index is 12.6. The maximum Gasteiger partial charge on any atom is 0.272 e. The lowest BCUT2D eigenvalue weighted by Crippen LogP contribution is -2.74. The second kappa shape index (κ2) is 6.95. The first kappa shape index (κ1) is 19.9. The number of halogens is 1. The third-order valence-electron chi connectivity index (χ3n) is 5.35. The molecule has 8 heteroatoms. The molecule has 3 N–H and O–H groups in total. The number of ether oxygens (including phenoxy) is 1. The van der Waals surface area contributed by atoms with Gasteiger partial charge < -0.3 is 15.8 Å². The highest BCUT2D eigenvalue weighted by Gasteiger charge is 2.64. The Bertz CT molecular complexity index is 934. The van der Waals surface area contributed by atoms with Crippen molar-refractivity contribution in [1.29, 1.82) is 5.26 Å². The second-order valence-corrected chi connectivity index (χ2v) is 8.55. The molecular weight excluding hydrogens is 378 g/mol. The van der Waals surface area contributed by atoms with E-state index in [1.165, 1.54) is 0 Å². The highest BCUT2D eigenvalue weighted by atomic mass is 35.5. The maximum atomic E-state index is 12.6. The molecule has 7 nitrogen and oxygen atoms in total. The van der Waals surface area contributed by atoms with Crippen LogP contribution in [0, 0.1) is 22.2 Å². The molecule has 1 saturated carbocycles. The molecule has 0 radical (unpaired) electrons. The van der Waals surface area contributed by atoms with Crippen molar-refractivity contribution >= 4 is 23.3 Å². The van der Waals surface area contributed by atoms with Crippen LogP contribution < -0.4 is 15.8 Å². The topological polar surface area (TPSA) is 114 Å². The number of rotatable bonds is 4. The zero-order valence-corrected chi connectivity index (χ0v) is 16.9. The van der Waals surface area contributed by atoms with Crippen molar-refractivity contribution in [2.45, 2.75) is 39.8 Å². The Balaban J connectivity index is 1.76. The number of hydrogen-bond donors (Lipinski definition) is 2. The van der Waals surface area contributed by atoms with E-state index in [0.29, 0.717) is 16.3 Å². The van der Waals surface area contributed by atoms with Gasteiger partial charge in [0, 0.05) is 22.9 Å². The van der Waals surface area contributed by atoms with E-state index >= 15 is 0 Å². The van der Waals surface area contributed by atoms with E-state index in [2.05, 4.69) is 15.5 Å². The number of carbonyl (C=O) groups is 1. The molecule has 2 aromatic rings. The van der Waals surface area contributed by atoms with Crippen molar-refractivity contribution in [2.24, 2.45) is 10.8 Å². The lowest BCUT2D eigenvalue weighted by atomic mass is 9.49. The number of nitrogens with one attached hydrogen (secondary N) is 1. The number of nitrogen functional groups attached to an aromatic ring is 1. The van der Waals surface area contributed by atoms with Crippen LogP contribution in [0.25, 0.3) is 0 Å². The summed E-state index contributed by atoms with van der Waals surface area (Å²) >= 11 is 6.11. The number of nitriles is 1. The van der Waals surface area contributed by atoms with Crippen molar-refractivity contribution in [3.05, 3.63) is 46.6 Å². The Labute approximate surface area is 168 Å². The van der Waals surface area contributed by atoms with Crippen LogP contribution in [0.3, 0.4) is 0 Å². The van der Waals surface area contributed by atoms with Gasteiger partial charge in [-0.15, -0.1) is 10.2 Å². The van der Waals surface area contributed by atoms with E-state index in [9.17, 15) is 4.79 Å². The summed E-state index contributed by atoms with van der Waals surface area (Å²) in [5, 5.41) is 20.0. The molecule has 0 aliphatic heterocycles. The quantitative estimate of drug-likeness (QED) is 0.815. The van der Waals surface area contributed by atoms with Gasteiger partial charge in [0.05, 0.1) is 10.6 Å². The standard InChI is InChI=1S/C20H22ClN5O2/c1-19(2)17(24-16(27)14-7-8-15(23)26-25-14)20(3,4)18(19)28-12-6-5-11(10-22)13(21)9-12/h5-9,17-18H,1-4H3,(H2,23,26)(H,24,27)/t17-,18-. The van der Waals surface area contributed by atoms with E-state index in [-0.39, 0.29) is 40.4 Å². The van der Waals surface area contributed by atoms with Gasteiger partial charge in [0.15, 0.2) is 5.69 Å². The number of nitrogens with zero attached hydrogens (tertiary/aromatic N) is 3. The van der Waals surface area contributed by atoms with Gasteiger partial charge in [-0.25, -0.2) is 0 Å². The first-order chi connectivity index (χ1) is 13.1. The SMILES string of the molecule is CC1(C)[C@H](NC(=O)c2ccc(N)nn2)C(C)(C)[C@H]1Oc1ccc(C#N)c(Cl)c1. The minimum absolute atomic E-state index is 0.147. The summed E-state index contributed by atoms with van der Waals surface area (Å²) in [6.45, 7) is 8.14. The van der Waals surface area contributed by atoms with Crippen LogP contribution in [-0.4, -0.2) is 28.3 Å². The van der Waals surface area contributed by atoms with Crippen LogP contribution in [0.2, 0.25) is 5.02 Å². The first-order valence-corrected chi connectivity index (χ1v) is 9.21. The molecule has 1 fully saturated rings. The highest BCUT2D eigenvalue weighted by Crippen LogP contribution is 2.55. The smallest absolute Gasteiger partial charge is 0.272 e. The van der Waals surface area contributed by atoms with Crippen molar-refractivity contribution in [3.63, 3.8) is 0 Å². The van der Waals surface area contributed by atoms with Crippen LogP contribution in [0.4, 0.5) is 5.82 Å². The fourth-order valence-electron chi connectivity index (χ4n) is 4.26. The molecule has 0 atom stereocenters. The van der Waals surface area contributed by atoms with Gasteiger partial charge in [0.2, 0.25) is 0 Å². The molecule has 28 heavy (non-hydrogen) atoms. The van der Waals surface area contributed by atoms with Crippen LogP contribution in [0.15, 0.2) is 30.3 Å². The number of nitrogens with two attached hydrogens (primary N) is 1.